The van der Waals surface area contributed by atoms with E-state index >= 15 is 0 Å². The van der Waals surface area contributed by atoms with Crippen LogP contribution in [0.3, 0.4) is 0 Å². The van der Waals surface area contributed by atoms with Gasteiger partial charge < -0.3 is 10.1 Å². The van der Waals surface area contributed by atoms with E-state index in [0.717, 1.165) is 32.8 Å². The molecule has 0 aromatic rings. The molecule has 0 radical (unpaired) electrons. The highest BCUT2D eigenvalue weighted by molar-refractivity contribution is 4.80. The minimum atomic E-state index is 0.270. The lowest BCUT2D eigenvalue weighted by atomic mass is 9.93. The van der Waals surface area contributed by atoms with Crippen LogP contribution in [0.2, 0.25) is 0 Å². The molecule has 1 aliphatic heterocycles. The molecule has 0 aliphatic carbocycles. The van der Waals surface area contributed by atoms with Crippen LogP contribution >= 0.6 is 0 Å². The van der Waals surface area contributed by atoms with E-state index in [1.54, 1.807) is 7.11 Å². The van der Waals surface area contributed by atoms with Gasteiger partial charge in [-0.05, 0) is 6.92 Å². The third kappa shape index (κ3) is 3.95. The number of methoxy groups -OCH3 is 1. The molecule has 1 saturated heterocycles. The second-order valence-electron chi connectivity index (χ2n) is 5.19. The summed E-state index contributed by atoms with van der Waals surface area (Å²) in [6, 6.07) is 0.627. The van der Waals surface area contributed by atoms with Gasteiger partial charge in [0.25, 0.3) is 0 Å². The van der Waals surface area contributed by atoms with Crippen LogP contribution < -0.4 is 5.32 Å². The topological polar surface area (TPSA) is 24.5 Å². The van der Waals surface area contributed by atoms with Crippen molar-refractivity contribution in [3.63, 3.8) is 0 Å². The molecule has 1 atom stereocenters. The Morgan fingerprint density at radius 1 is 1.50 bits per heavy atom. The fourth-order valence-corrected chi connectivity index (χ4v) is 2.20. The van der Waals surface area contributed by atoms with Crippen molar-refractivity contribution in [2.75, 3.05) is 39.9 Å². The Kier molecular flexibility index (Phi) is 4.35. The molecule has 0 saturated carbocycles. The van der Waals surface area contributed by atoms with Gasteiger partial charge >= 0.3 is 0 Å². The maximum atomic E-state index is 5.23. The lowest BCUT2D eigenvalue weighted by Crippen LogP contribution is -2.52. The molecule has 84 valence electrons. The minimum absolute atomic E-state index is 0.270. The number of ether oxygens (including phenoxy) is 1. The molecule has 0 aromatic carbocycles. The Morgan fingerprint density at radius 3 is 2.79 bits per heavy atom. The van der Waals surface area contributed by atoms with E-state index in [0.29, 0.717) is 6.04 Å². The van der Waals surface area contributed by atoms with Gasteiger partial charge in [0.1, 0.15) is 0 Å². The molecule has 1 N–H and O–H groups in total. The lowest BCUT2D eigenvalue weighted by molar-refractivity contribution is 0.0605. The van der Waals surface area contributed by atoms with Gasteiger partial charge in [-0.25, -0.2) is 0 Å². The molecule has 3 heteroatoms. The van der Waals surface area contributed by atoms with Gasteiger partial charge in [-0.1, -0.05) is 13.8 Å². The van der Waals surface area contributed by atoms with Crippen LogP contribution in [0.1, 0.15) is 20.8 Å². The van der Waals surface area contributed by atoms with Crippen LogP contribution in [-0.4, -0.2) is 50.8 Å². The highest BCUT2D eigenvalue weighted by atomic mass is 16.5. The summed E-state index contributed by atoms with van der Waals surface area (Å²) in [7, 11) is 1.78. The van der Waals surface area contributed by atoms with Crippen molar-refractivity contribution in [3.05, 3.63) is 0 Å². The first kappa shape index (κ1) is 12.0. The van der Waals surface area contributed by atoms with Crippen molar-refractivity contribution in [3.8, 4) is 0 Å². The molecule has 0 amide bonds. The number of nitrogens with one attached hydrogen (secondary N) is 1. The Hall–Kier alpha value is -0.120. The smallest absolute Gasteiger partial charge is 0.0525 e. The van der Waals surface area contributed by atoms with Crippen LogP contribution in [0, 0.1) is 5.41 Å². The average Bonchev–Trinajstić information content (AvgIpc) is 2.02. The zero-order chi connectivity index (χ0) is 10.6. The fraction of sp³-hybridized carbons (Fsp3) is 1.00. The highest BCUT2D eigenvalue weighted by Crippen LogP contribution is 2.17. The van der Waals surface area contributed by atoms with Crippen molar-refractivity contribution in [2.24, 2.45) is 5.41 Å². The molecule has 3 nitrogen and oxygen atoms in total. The van der Waals surface area contributed by atoms with E-state index in [4.69, 9.17) is 4.74 Å². The molecule has 1 unspecified atom stereocenters. The molecule has 1 rings (SSSR count). The molecule has 0 spiro atoms. The third-order valence-electron chi connectivity index (χ3n) is 2.64. The Balaban J connectivity index is 2.34. The van der Waals surface area contributed by atoms with E-state index < -0.39 is 0 Å². The Bertz CT molecular complexity index is 171. The first-order chi connectivity index (χ1) is 6.53. The summed E-state index contributed by atoms with van der Waals surface area (Å²) in [5.41, 5.74) is 0.270. The third-order valence-corrected chi connectivity index (χ3v) is 2.64. The van der Waals surface area contributed by atoms with Gasteiger partial charge in [-0.2, -0.15) is 0 Å². The number of piperazine rings is 1. The van der Waals surface area contributed by atoms with Gasteiger partial charge in [-0.15, -0.1) is 0 Å². The van der Waals surface area contributed by atoms with Crippen molar-refractivity contribution in [1.29, 1.82) is 0 Å². The van der Waals surface area contributed by atoms with Crippen LogP contribution in [0.15, 0.2) is 0 Å². The predicted octanol–water partition coefficient (Wildman–Crippen LogP) is 0.953. The van der Waals surface area contributed by atoms with E-state index in [2.05, 4.69) is 31.0 Å². The molecule has 1 fully saturated rings. The maximum Gasteiger partial charge on any atom is 0.0525 e. The lowest BCUT2D eigenvalue weighted by Gasteiger charge is -2.37. The quantitative estimate of drug-likeness (QED) is 0.731. The molecule has 0 aromatic heterocycles. The van der Waals surface area contributed by atoms with E-state index in [9.17, 15) is 0 Å². The first-order valence-corrected chi connectivity index (χ1v) is 5.48. The normalized spacial score (nSPS) is 25.3. The molecular weight excluding hydrogens is 176 g/mol. The number of hydrogen-bond acceptors (Lipinski definition) is 3. The summed E-state index contributed by atoms with van der Waals surface area (Å²) in [6.07, 6.45) is 0. The summed E-state index contributed by atoms with van der Waals surface area (Å²) in [5, 5.41) is 3.46. The van der Waals surface area contributed by atoms with Crippen LogP contribution in [0.25, 0.3) is 0 Å². The molecule has 1 aliphatic rings. The van der Waals surface area contributed by atoms with Gasteiger partial charge in [0.15, 0.2) is 0 Å². The van der Waals surface area contributed by atoms with E-state index in [1.807, 2.05) is 0 Å². The minimum Gasteiger partial charge on any atom is -0.384 e. The van der Waals surface area contributed by atoms with Crippen molar-refractivity contribution in [2.45, 2.75) is 26.8 Å². The number of rotatable bonds is 4. The monoisotopic (exact) mass is 200 g/mol. The maximum absolute atomic E-state index is 5.23. The predicted molar refractivity (Wildman–Crippen MR) is 59.6 cm³/mol. The number of hydrogen-bond donors (Lipinski definition) is 1. The van der Waals surface area contributed by atoms with Crippen molar-refractivity contribution >= 4 is 0 Å². The van der Waals surface area contributed by atoms with Gasteiger partial charge in [0.2, 0.25) is 0 Å². The first-order valence-electron chi connectivity index (χ1n) is 5.48. The second kappa shape index (κ2) is 5.10. The summed E-state index contributed by atoms with van der Waals surface area (Å²) >= 11 is 0. The fourth-order valence-electron chi connectivity index (χ4n) is 2.20. The highest BCUT2D eigenvalue weighted by Gasteiger charge is 2.24. The van der Waals surface area contributed by atoms with Crippen LogP contribution in [-0.2, 0) is 4.74 Å². The second-order valence-corrected chi connectivity index (χ2v) is 5.19. The van der Waals surface area contributed by atoms with Gasteiger partial charge in [0, 0.05) is 44.7 Å². The molecule has 14 heavy (non-hydrogen) atoms. The molecule has 1 heterocycles. The SMILES string of the molecule is COCC(C)(C)CN1CCNC(C)C1. The number of nitrogens with zero attached hydrogens (tertiary/aromatic N) is 1. The zero-order valence-electron chi connectivity index (χ0n) is 9.97. The standard InChI is InChI=1S/C11H24N2O/c1-10-7-13(6-5-12-10)8-11(2,3)9-14-4/h10,12H,5-9H2,1-4H3. The van der Waals surface area contributed by atoms with Crippen LogP contribution in [0.5, 0.6) is 0 Å². The summed E-state index contributed by atoms with van der Waals surface area (Å²) < 4.78 is 5.23. The molecular formula is C11H24N2O. The zero-order valence-corrected chi connectivity index (χ0v) is 9.97. The van der Waals surface area contributed by atoms with Crippen molar-refractivity contribution < 1.29 is 4.74 Å². The average molecular weight is 200 g/mol. The summed E-state index contributed by atoms with van der Waals surface area (Å²) in [5.74, 6) is 0. The largest absolute Gasteiger partial charge is 0.384 e. The van der Waals surface area contributed by atoms with Gasteiger partial charge in [0.05, 0.1) is 6.61 Å². The molecule has 0 bridgehead atoms. The Labute approximate surface area is 87.8 Å². The van der Waals surface area contributed by atoms with E-state index in [-0.39, 0.29) is 5.41 Å². The summed E-state index contributed by atoms with van der Waals surface area (Å²) in [4.78, 5) is 2.53. The summed E-state index contributed by atoms with van der Waals surface area (Å²) in [6.45, 7) is 12.2. The van der Waals surface area contributed by atoms with Crippen LogP contribution in [0.4, 0.5) is 0 Å². The van der Waals surface area contributed by atoms with Crippen molar-refractivity contribution in [1.82, 2.24) is 10.2 Å². The van der Waals surface area contributed by atoms with Gasteiger partial charge in [-0.3, -0.25) is 4.90 Å². The Morgan fingerprint density at radius 2 is 2.21 bits per heavy atom. The van der Waals surface area contributed by atoms with E-state index in [1.165, 1.54) is 0 Å².